The second-order valence-electron chi connectivity index (χ2n) is 7.15. The minimum absolute atomic E-state index is 0.262. The minimum Gasteiger partial charge on any atom is -0.296 e. The van der Waals surface area contributed by atoms with Gasteiger partial charge in [-0.2, -0.15) is 5.26 Å². The smallest absolute Gasteiger partial charge is 0.196 e. The summed E-state index contributed by atoms with van der Waals surface area (Å²) in [5.41, 5.74) is 2.56. The van der Waals surface area contributed by atoms with Crippen molar-refractivity contribution in [1.82, 2.24) is 19.7 Å². The molecule has 5 nitrogen and oxygen atoms in total. The van der Waals surface area contributed by atoms with E-state index >= 15 is 0 Å². The molecule has 1 aliphatic heterocycles. The standard InChI is InChI=1S/C22H22FN5S/c23-19-7-9-20(10-8-19)28-21(15-27-11-2-1-3-12-27)25-26-22(28)29-16-18-6-4-5-17(13-18)14-24/h4-10,13H,1-3,11-12,15-16H2. The summed E-state index contributed by atoms with van der Waals surface area (Å²) in [5.74, 6) is 1.28. The van der Waals surface area contributed by atoms with Gasteiger partial charge in [-0.15, -0.1) is 10.2 Å². The van der Waals surface area contributed by atoms with Gasteiger partial charge in [-0.05, 0) is 67.9 Å². The molecular weight excluding hydrogens is 385 g/mol. The predicted octanol–water partition coefficient (Wildman–Crippen LogP) is 4.56. The van der Waals surface area contributed by atoms with Gasteiger partial charge < -0.3 is 0 Å². The molecule has 29 heavy (non-hydrogen) atoms. The first-order chi connectivity index (χ1) is 14.2. The van der Waals surface area contributed by atoms with Crippen LogP contribution in [-0.4, -0.2) is 32.8 Å². The number of likely N-dealkylation sites (tertiary alicyclic amines) is 1. The largest absolute Gasteiger partial charge is 0.296 e. The molecule has 0 amide bonds. The topological polar surface area (TPSA) is 57.7 Å². The summed E-state index contributed by atoms with van der Waals surface area (Å²) in [5, 5.41) is 18.8. The van der Waals surface area contributed by atoms with Crippen LogP contribution in [0, 0.1) is 17.1 Å². The lowest BCUT2D eigenvalue weighted by Gasteiger charge is -2.26. The number of hydrogen-bond donors (Lipinski definition) is 0. The molecule has 0 radical (unpaired) electrons. The molecule has 2 heterocycles. The Morgan fingerprint density at radius 3 is 2.59 bits per heavy atom. The molecular formula is C22H22FN5S. The molecule has 0 atom stereocenters. The SMILES string of the molecule is N#Cc1cccc(CSc2nnc(CN3CCCCC3)n2-c2ccc(F)cc2)c1. The van der Waals surface area contributed by atoms with Crippen molar-refractivity contribution in [2.45, 2.75) is 36.7 Å². The number of piperidine rings is 1. The van der Waals surface area contributed by atoms with E-state index in [1.807, 2.05) is 22.8 Å². The van der Waals surface area contributed by atoms with Crippen molar-refractivity contribution in [3.05, 3.63) is 71.3 Å². The molecule has 0 unspecified atom stereocenters. The fourth-order valence-electron chi connectivity index (χ4n) is 3.54. The van der Waals surface area contributed by atoms with Gasteiger partial charge in [0.1, 0.15) is 5.82 Å². The van der Waals surface area contributed by atoms with E-state index in [-0.39, 0.29) is 5.82 Å². The molecule has 1 aliphatic rings. The van der Waals surface area contributed by atoms with Gasteiger partial charge in [-0.25, -0.2) is 4.39 Å². The van der Waals surface area contributed by atoms with Crippen LogP contribution < -0.4 is 0 Å². The highest BCUT2D eigenvalue weighted by molar-refractivity contribution is 7.98. The molecule has 0 N–H and O–H groups in total. The summed E-state index contributed by atoms with van der Waals surface area (Å²) in [6.45, 7) is 2.87. The Bertz CT molecular complexity index is 1000. The Labute approximate surface area is 174 Å². The van der Waals surface area contributed by atoms with Crippen molar-refractivity contribution in [2.75, 3.05) is 13.1 Å². The van der Waals surface area contributed by atoms with Gasteiger partial charge in [0.2, 0.25) is 0 Å². The van der Waals surface area contributed by atoms with E-state index in [1.54, 1.807) is 30.0 Å². The number of aromatic nitrogens is 3. The van der Waals surface area contributed by atoms with Crippen molar-refractivity contribution >= 4 is 11.8 Å². The highest BCUT2D eigenvalue weighted by atomic mass is 32.2. The van der Waals surface area contributed by atoms with E-state index in [4.69, 9.17) is 5.26 Å². The lowest BCUT2D eigenvalue weighted by molar-refractivity contribution is 0.214. The summed E-state index contributed by atoms with van der Waals surface area (Å²) in [7, 11) is 0. The number of hydrogen-bond acceptors (Lipinski definition) is 5. The third-order valence-corrected chi connectivity index (χ3v) is 6.02. The fraction of sp³-hybridized carbons (Fsp3) is 0.318. The van der Waals surface area contributed by atoms with Crippen molar-refractivity contribution < 1.29 is 4.39 Å². The number of rotatable bonds is 6. The van der Waals surface area contributed by atoms with Crippen LogP contribution in [0.4, 0.5) is 4.39 Å². The quantitative estimate of drug-likeness (QED) is 0.561. The van der Waals surface area contributed by atoms with Crippen molar-refractivity contribution in [3.63, 3.8) is 0 Å². The minimum atomic E-state index is -0.262. The Morgan fingerprint density at radius 1 is 1.03 bits per heavy atom. The molecule has 1 saturated heterocycles. The highest BCUT2D eigenvalue weighted by Crippen LogP contribution is 2.27. The molecule has 0 aliphatic carbocycles. The van der Waals surface area contributed by atoms with Crippen LogP contribution in [-0.2, 0) is 12.3 Å². The van der Waals surface area contributed by atoms with Crippen LogP contribution in [0.25, 0.3) is 5.69 Å². The summed E-state index contributed by atoms with van der Waals surface area (Å²) < 4.78 is 15.5. The lowest BCUT2D eigenvalue weighted by atomic mass is 10.1. The number of halogens is 1. The third-order valence-electron chi connectivity index (χ3n) is 5.02. The van der Waals surface area contributed by atoms with Gasteiger partial charge in [0, 0.05) is 11.4 Å². The van der Waals surface area contributed by atoms with Gasteiger partial charge in [-0.3, -0.25) is 9.47 Å². The number of nitrogens with zero attached hydrogens (tertiary/aromatic N) is 5. The van der Waals surface area contributed by atoms with Gasteiger partial charge in [0.25, 0.3) is 0 Å². The van der Waals surface area contributed by atoms with E-state index in [9.17, 15) is 4.39 Å². The van der Waals surface area contributed by atoms with Gasteiger partial charge >= 0.3 is 0 Å². The van der Waals surface area contributed by atoms with Crippen LogP contribution in [0.1, 0.15) is 36.2 Å². The zero-order valence-corrected chi connectivity index (χ0v) is 16.9. The summed E-state index contributed by atoms with van der Waals surface area (Å²) >= 11 is 1.57. The van der Waals surface area contributed by atoms with E-state index in [1.165, 1.54) is 31.4 Å². The van der Waals surface area contributed by atoms with Crippen LogP contribution >= 0.6 is 11.8 Å². The zero-order chi connectivity index (χ0) is 20.1. The average molecular weight is 408 g/mol. The van der Waals surface area contributed by atoms with Gasteiger partial charge in [0.05, 0.1) is 18.2 Å². The number of thioether (sulfide) groups is 1. The Balaban J connectivity index is 1.60. The second-order valence-corrected chi connectivity index (χ2v) is 8.09. The first-order valence-electron chi connectivity index (χ1n) is 9.77. The number of benzene rings is 2. The monoisotopic (exact) mass is 407 g/mol. The maximum Gasteiger partial charge on any atom is 0.196 e. The van der Waals surface area contributed by atoms with E-state index in [0.29, 0.717) is 11.3 Å². The molecule has 148 valence electrons. The van der Waals surface area contributed by atoms with E-state index < -0.39 is 0 Å². The third kappa shape index (κ3) is 4.84. The van der Waals surface area contributed by atoms with Crippen LogP contribution in [0.2, 0.25) is 0 Å². The maximum absolute atomic E-state index is 13.5. The molecule has 2 aromatic carbocycles. The maximum atomic E-state index is 13.5. The molecule has 0 bridgehead atoms. The lowest BCUT2D eigenvalue weighted by Crippen LogP contribution is -2.30. The molecule has 0 spiro atoms. The Morgan fingerprint density at radius 2 is 1.83 bits per heavy atom. The molecule has 1 aromatic heterocycles. The Kier molecular flexibility index (Phi) is 6.23. The van der Waals surface area contributed by atoms with Crippen LogP contribution in [0.15, 0.2) is 53.7 Å². The van der Waals surface area contributed by atoms with Crippen LogP contribution in [0.5, 0.6) is 0 Å². The first-order valence-corrected chi connectivity index (χ1v) is 10.8. The zero-order valence-electron chi connectivity index (χ0n) is 16.1. The first kappa shape index (κ1) is 19.6. The summed E-state index contributed by atoms with van der Waals surface area (Å²) in [6, 6.07) is 16.2. The van der Waals surface area contributed by atoms with Crippen molar-refractivity contribution in [2.24, 2.45) is 0 Å². The van der Waals surface area contributed by atoms with Crippen molar-refractivity contribution in [1.29, 1.82) is 5.26 Å². The summed E-state index contributed by atoms with van der Waals surface area (Å²) in [6.07, 6.45) is 3.70. The normalized spacial score (nSPS) is 14.6. The molecule has 4 rings (SSSR count). The Hall–Kier alpha value is -2.69. The summed E-state index contributed by atoms with van der Waals surface area (Å²) in [4.78, 5) is 2.40. The van der Waals surface area contributed by atoms with Crippen molar-refractivity contribution in [3.8, 4) is 11.8 Å². The van der Waals surface area contributed by atoms with E-state index in [2.05, 4.69) is 21.2 Å². The highest BCUT2D eigenvalue weighted by Gasteiger charge is 2.19. The average Bonchev–Trinajstić information content (AvgIpc) is 3.16. The predicted molar refractivity (Wildman–Crippen MR) is 111 cm³/mol. The van der Waals surface area contributed by atoms with Gasteiger partial charge in [0.15, 0.2) is 11.0 Å². The van der Waals surface area contributed by atoms with Gasteiger partial charge in [-0.1, -0.05) is 30.3 Å². The fourth-order valence-corrected chi connectivity index (χ4v) is 4.46. The second kappa shape index (κ2) is 9.21. The van der Waals surface area contributed by atoms with E-state index in [0.717, 1.165) is 41.9 Å². The molecule has 0 saturated carbocycles. The van der Waals surface area contributed by atoms with Crippen LogP contribution in [0.3, 0.4) is 0 Å². The molecule has 3 aromatic rings. The number of nitriles is 1. The molecule has 7 heteroatoms. The molecule has 1 fully saturated rings.